The van der Waals surface area contributed by atoms with Gasteiger partial charge in [0.2, 0.25) is 0 Å². The zero-order valence-electron chi connectivity index (χ0n) is 14.5. The van der Waals surface area contributed by atoms with Gasteiger partial charge in [0, 0.05) is 23.7 Å². The summed E-state index contributed by atoms with van der Waals surface area (Å²) in [5.41, 5.74) is -0.323. The molecule has 1 fully saturated rings. The highest BCUT2D eigenvalue weighted by Crippen LogP contribution is 2.32. The SMILES string of the molecule is CC1C=CN(C2CCCCC2)C(=O)C1(C)NC(=O)c1ccccc1. The predicted octanol–water partition coefficient (Wildman–Crippen LogP) is 3.50. The second kappa shape index (κ2) is 6.80. The number of carbonyl (C=O) groups is 2. The minimum absolute atomic E-state index is 0.00804. The van der Waals surface area contributed by atoms with Crippen molar-refractivity contribution in [3.05, 3.63) is 48.2 Å². The van der Waals surface area contributed by atoms with Gasteiger partial charge in [-0.1, -0.05) is 50.5 Å². The molecule has 2 aliphatic rings. The van der Waals surface area contributed by atoms with Gasteiger partial charge >= 0.3 is 0 Å². The van der Waals surface area contributed by atoms with Crippen molar-refractivity contribution >= 4 is 11.8 Å². The van der Waals surface area contributed by atoms with Crippen LogP contribution in [-0.4, -0.2) is 28.3 Å². The van der Waals surface area contributed by atoms with E-state index in [9.17, 15) is 9.59 Å². The monoisotopic (exact) mass is 326 g/mol. The molecule has 1 aromatic carbocycles. The maximum atomic E-state index is 13.2. The van der Waals surface area contributed by atoms with Gasteiger partial charge in [-0.25, -0.2) is 0 Å². The molecule has 1 aromatic rings. The molecule has 0 spiro atoms. The maximum Gasteiger partial charge on any atom is 0.252 e. The average Bonchev–Trinajstić information content (AvgIpc) is 2.62. The molecule has 0 bridgehead atoms. The number of hydrogen-bond acceptors (Lipinski definition) is 2. The molecule has 2 amide bonds. The first kappa shape index (κ1) is 16.7. The Hall–Kier alpha value is -2.10. The molecule has 2 atom stereocenters. The minimum atomic E-state index is -0.904. The molecular weight excluding hydrogens is 300 g/mol. The van der Waals surface area contributed by atoms with Gasteiger partial charge < -0.3 is 10.2 Å². The van der Waals surface area contributed by atoms with Crippen molar-refractivity contribution in [1.29, 1.82) is 0 Å². The molecular formula is C20H26N2O2. The van der Waals surface area contributed by atoms with Gasteiger partial charge in [0.25, 0.3) is 11.8 Å². The van der Waals surface area contributed by atoms with Gasteiger partial charge in [0.1, 0.15) is 5.54 Å². The summed E-state index contributed by atoms with van der Waals surface area (Å²) in [5, 5.41) is 3.00. The molecule has 3 rings (SSSR count). The zero-order valence-corrected chi connectivity index (χ0v) is 14.5. The Kier molecular flexibility index (Phi) is 4.74. The first-order valence-electron chi connectivity index (χ1n) is 8.91. The number of hydrogen-bond donors (Lipinski definition) is 1. The molecule has 1 heterocycles. The van der Waals surface area contributed by atoms with Crippen LogP contribution in [-0.2, 0) is 4.79 Å². The predicted molar refractivity (Wildman–Crippen MR) is 94.3 cm³/mol. The Morgan fingerprint density at radius 2 is 1.83 bits per heavy atom. The number of rotatable bonds is 3. The summed E-state index contributed by atoms with van der Waals surface area (Å²) in [6.45, 7) is 3.83. The number of nitrogens with one attached hydrogen (secondary N) is 1. The summed E-state index contributed by atoms with van der Waals surface area (Å²) in [6, 6.07) is 9.34. The molecule has 128 valence electrons. The lowest BCUT2D eigenvalue weighted by Gasteiger charge is -2.44. The molecule has 0 radical (unpaired) electrons. The number of amides is 2. The lowest BCUT2D eigenvalue weighted by Crippen LogP contribution is -2.63. The van der Waals surface area contributed by atoms with Crippen LogP contribution in [0.15, 0.2) is 42.6 Å². The van der Waals surface area contributed by atoms with Crippen molar-refractivity contribution in [2.24, 2.45) is 5.92 Å². The molecule has 0 aromatic heterocycles. The second-order valence-electron chi connectivity index (χ2n) is 7.16. The van der Waals surface area contributed by atoms with E-state index in [1.807, 2.05) is 49.2 Å². The fraction of sp³-hybridized carbons (Fsp3) is 0.500. The van der Waals surface area contributed by atoms with Crippen molar-refractivity contribution < 1.29 is 9.59 Å². The van der Waals surface area contributed by atoms with Gasteiger partial charge in [-0.05, 0) is 31.9 Å². The lowest BCUT2D eigenvalue weighted by atomic mass is 9.81. The highest BCUT2D eigenvalue weighted by atomic mass is 16.2. The molecule has 1 aliphatic heterocycles. The molecule has 1 saturated carbocycles. The van der Waals surface area contributed by atoms with Crippen LogP contribution in [0.3, 0.4) is 0 Å². The second-order valence-corrected chi connectivity index (χ2v) is 7.16. The smallest absolute Gasteiger partial charge is 0.252 e. The van der Waals surface area contributed by atoms with Crippen LogP contribution in [0.5, 0.6) is 0 Å². The largest absolute Gasteiger partial charge is 0.337 e. The Morgan fingerprint density at radius 3 is 2.50 bits per heavy atom. The van der Waals surface area contributed by atoms with Crippen LogP contribution in [0.2, 0.25) is 0 Å². The van der Waals surface area contributed by atoms with Gasteiger partial charge in [-0.2, -0.15) is 0 Å². The van der Waals surface area contributed by atoms with Crippen LogP contribution in [0.1, 0.15) is 56.3 Å². The topological polar surface area (TPSA) is 49.4 Å². The fourth-order valence-electron chi connectivity index (χ4n) is 3.66. The van der Waals surface area contributed by atoms with Crippen LogP contribution in [0.25, 0.3) is 0 Å². The normalized spacial score (nSPS) is 28.0. The summed E-state index contributed by atoms with van der Waals surface area (Å²) in [4.78, 5) is 27.6. The van der Waals surface area contributed by atoms with E-state index in [1.54, 1.807) is 12.1 Å². The Labute approximate surface area is 143 Å². The van der Waals surface area contributed by atoms with E-state index in [-0.39, 0.29) is 23.8 Å². The van der Waals surface area contributed by atoms with Crippen molar-refractivity contribution in [2.45, 2.75) is 57.5 Å². The Morgan fingerprint density at radius 1 is 1.17 bits per heavy atom. The van der Waals surface area contributed by atoms with E-state index in [4.69, 9.17) is 0 Å². The van der Waals surface area contributed by atoms with E-state index >= 15 is 0 Å². The molecule has 1 N–H and O–H groups in total. The first-order valence-corrected chi connectivity index (χ1v) is 8.91. The van der Waals surface area contributed by atoms with Gasteiger partial charge in [-0.3, -0.25) is 9.59 Å². The lowest BCUT2D eigenvalue weighted by molar-refractivity contribution is -0.139. The van der Waals surface area contributed by atoms with Crippen molar-refractivity contribution in [2.75, 3.05) is 0 Å². The van der Waals surface area contributed by atoms with E-state index in [1.165, 1.54) is 19.3 Å². The molecule has 24 heavy (non-hydrogen) atoms. The van der Waals surface area contributed by atoms with Crippen LogP contribution < -0.4 is 5.32 Å². The highest BCUT2D eigenvalue weighted by Gasteiger charge is 2.45. The quantitative estimate of drug-likeness (QED) is 0.924. The van der Waals surface area contributed by atoms with E-state index in [0.29, 0.717) is 5.56 Å². The maximum absolute atomic E-state index is 13.2. The number of benzene rings is 1. The summed E-state index contributed by atoms with van der Waals surface area (Å²) >= 11 is 0. The van der Waals surface area contributed by atoms with Crippen molar-refractivity contribution in [1.82, 2.24) is 10.2 Å². The van der Waals surface area contributed by atoms with Crippen molar-refractivity contribution in [3.63, 3.8) is 0 Å². The molecule has 4 heteroatoms. The van der Waals surface area contributed by atoms with Crippen molar-refractivity contribution in [3.8, 4) is 0 Å². The minimum Gasteiger partial charge on any atom is -0.337 e. The van der Waals surface area contributed by atoms with Gasteiger partial charge in [0.05, 0.1) is 0 Å². The third-order valence-corrected chi connectivity index (χ3v) is 5.50. The Balaban J connectivity index is 1.81. The third kappa shape index (κ3) is 3.10. The fourth-order valence-corrected chi connectivity index (χ4v) is 3.66. The third-order valence-electron chi connectivity index (χ3n) is 5.50. The summed E-state index contributed by atoms with van der Waals surface area (Å²) < 4.78 is 0. The molecule has 1 aliphatic carbocycles. The van der Waals surface area contributed by atoms with E-state index in [0.717, 1.165) is 12.8 Å². The summed E-state index contributed by atoms with van der Waals surface area (Å²) in [5.74, 6) is -0.233. The van der Waals surface area contributed by atoms with Crippen LogP contribution in [0.4, 0.5) is 0 Å². The summed E-state index contributed by atoms with van der Waals surface area (Å²) in [6.07, 6.45) is 9.66. The van der Waals surface area contributed by atoms with Crippen LogP contribution >= 0.6 is 0 Å². The standard InChI is InChI=1S/C20H26N2O2/c1-15-13-14-22(17-11-7-4-8-12-17)19(24)20(15,2)21-18(23)16-9-5-3-6-10-16/h3,5-6,9-10,13-15,17H,4,7-8,11-12H2,1-2H3,(H,21,23). The van der Waals surface area contributed by atoms with Gasteiger partial charge in [0.15, 0.2) is 0 Å². The molecule has 2 unspecified atom stereocenters. The Bertz CT molecular complexity index is 634. The van der Waals surface area contributed by atoms with Crippen LogP contribution in [0, 0.1) is 5.92 Å². The highest BCUT2D eigenvalue weighted by molar-refractivity contribution is 6.00. The number of carbonyl (C=O) groups excluding carboxylic acids is 2. The zero-order chi connectivity index (χ0) is 17.2. The molecule has 0 saturated heterocycles. The van der Waals surface area contributed by atoms with E-state index in [2.05, 4.69) is 5.32 Å². The molecule has 4 nitrogen and oxygen atoms in total. The van der Waals surface area contributed by atoms with E-state index < -0.39 is 5.54 Å². The average molecular weight is 326 g/mol. The number of nitrogens with zero attached hydrogens (tertiary/aromatic N) is 1. The van der Waals surface area contributed by atoms with Gasteiger partial charge in [-0.15, -0.1) is 0 Å². The summed E-state index contributed by atoms with van der Waals surface area (Å²) in [7, 11) is 0. The first-order chi connectivity index (χ1) is 11.5.